The summed E-state index contributed by atoms with van der Waals surface area (Å²) < 4.78 is 10.4. The summed E-state index contributed by atoms with van der Waals surface area (Å²) in [4.78, 5) is 39.4. The number of ketones is 1. The number of phenols is 1. The second kappa shape index (κ2) is 11.3. The minimum atomic E-state index is -0.862. The van der Waals surface area contributed by atoms with Crippen molar-refractivity contribution < 1.29 is 28.6 Å². The predicted molar refractivity (Wildman–Crippen MR) is 124 cm³/mol. The zero-order chi connectivity index (χ0) is 19.7. The number of aromatic hydroxyl groups is 1. The number of carbonyl (C=O) groups is 3. The van der Waals surface area contributed by atoms with E-state index < -0.39 is 18.0 Å². The minimum Gasteiger partial charge on any atom is -0.508 e. The van der Waals surface area contributed by atoms with Gasteiger partial charge in [-0.15, -0.1) is 0 Å². The van der Waals surface area contributed by atoms with Crippen molar-refractivity contribution in [3.05, 3.63) is 54.0 Å². The molecule has 2 saturated heterocycles. The summed E-state index contributed by atoms with van der Waals surface area (Å²) >= 11 is 0. The summed E-state index contributed by atoms with van der Waals surface area (Å²) in [7, 11) is 0. The molecule has 2 aliphatic rings. The molecule has 31 heavy (non-hydrogen) atoms. The SMILES string of the molecule is C.O=C(N[C@@H](Cc1ccc(O)cc1)C(=O)N1CC[C@H]2OCC(=O)[C@H]21)c1ccoc1.S.S. The summed E-state index contributed by atoms with van der Waals surface area (Å²) in [6.07, 6.45) is 3.24. The second-order valence-electron chi connectivity index (χ2n) is 6.99. The van der Waals surface area contributed by atoms with Crippen LogP contribution in [0.4, 0.5) is 0 Å². The Bertz CT molecular complexity index is 888. The van der Waals surface area contributed by atoms with Gasteiger partial charge in [0.2, 0.25) is 5.91 Å². The molecule has 3 atom stereocenters. The molecule has 2 fully saturated rings. The monoisotopic (exact) mass is 468 g/mol. The van der Waals surface area contributed by atoms with Gasteiger partial charge >= 0.3 is 0 Å². The van der Waals surface area contributed by atoms with Crippen LogP contribution in [-0.2, 0) is 20.7 Å². The standard InChI is InChI=1S/C20H20N2O6.CH4.2H2S/c23-14-3-1-12(2-4-14)9-15(21-19(25)13-6-8-27-10-13)20(26)22-7-5-17-18(22)16(24)11-28-17;;;/h1-4,6,8,10,15,17-18,23H,5,7,9,11H2,(H,21,25);1H4;2*1H2/t15-,17+,18+;;;/m0.../s1. The van der Waals surface area contributed by atoms with Crippen molar-refractivity contribution in [2.45, 2.75) is 38.5 Å². The van der Waals surface area contributed by atoms with Crippen molar-refractivity contribution in [3.63, 3.8) is 0 Å². The van der Waals surface area contributed by atoms with Crippen LogP contribution >= 0.6 is 27.0 Å². The molecular formula is C21H28N2O6S2. The van der Waals surface area contributed by atoms with E-state index in [2.05, 4.69) is 5.32 Å². The maximum Gasteiger partial charge on any atom is 0.255 e. The Morgan fingerprint density at radius 2 is 1.90 bits per heavy atom. The van der Waals surface area contributed by atoms with Gasteiger partial charge in [-0.25, -0.2) is 0 Å². The summed E-state index contributed by atoms with van der Waals surface area (Å²) in [6, 6.07) is 6.49. The van der Waals surface area contributed by atoms with Gasteiger partial charge in [-0.05, 0) is 30.2 Å². The zero-order valence-corrected chi connectivity index (χ0v) is 18.0. The number of ether oxygens (including phenoxy) is 1. The molecule has 4 rings (SSSR count). The largest absolute Gasteiger partial charge is 0.508 e. The van der Waals surface area contributed by atoms with Gasteiger partial charge in [-0.2, -0.15) is 27.0 Å². The lowest BCUT2D eigenvalue weighted by atomic mass is 10.0. The van der Waals surface area contributed by atoms with E-state index in [0.29, 0.717) is 18.5 Å². The number of furan rings is 1. The number of hydrogen-bond donors (Lipinski definition) is 2. The van der Waals surface area contributed by atoms with Crippen LogP contribution < -0.4 is 5.32 Å². The molecule has 0 spiro atoms. The molecule has 0 radical (unpaired) electrons. The van der Waals surface area contributed by atoms with E-state index in [-0.39, 0.29) is 71.0 Å². The van der Waals surface area contributed by atoms with Crippen LogP contribution in [0.1, 0.15) is 29.8 Å². The van der Waals surface area contributed by atoms with E-state index >= 15 is 0 Å². The van der Waals surface area contributed by atoms with Crippen LogP contribution in [0.25, 0.3) is 0 Å². The Hall–Kier alpha value is -2.43. The van der Waals surface area contributed by atoms with E-state index in [1.807, 2.05) is 0 Å². The van der Waals surface area contributed by atoms with Crippen molar-refractivity contribution in [2.75, 3.05) is 13.2 Å². The van der Waals surface area contributed by atoms with Gasteiger partial charge in [0.05, 0.1) is 17.9 Å². The number of Topliss-reactive ketones (excluding diaryl/α,β-unsaturated/α-hetero) is 1. The van der Waals surface area contributed by atoms with E-state index in [0.717, 1.165) is 5.56 Å². The van der Waals surface area contributed by atoms with Crippen LogP contribution in [0.3, 0.4) is 0 Å². The van der Waals surface area contributed by atoms with Gasteiger partial charge in [0.1, 0.15) is 30.7 Å². The van der Waals surface area contributed by atoms with Crippen molar-refractivity contribution in [1.29, 1.82) is 0 Å². The molecule has 2 amide bonds. The maximum absolute atomic E-state index is 13.2. The van der Waals surface area contributed by atoms with E-state index in [1.54, 1.807) is 12.1 Å². The topological polar surface area (TPSA) is 109 Å². The van der Waals surface area contributed by atoms with Gasteiger partial charge in [-0.1, -0.05) is 19.6 Å². The van der Waals surface area contributed by atoms with E-state index in [9.17, 15) is 19.5 Å². The molecule has 0 bridgehead atoms. The number of benzene rings is 1. The van der Waals surface area contributed by atoms with Crippen molar-refractivity contribution >= 4 is 44.6 Å². The van der Waals surface area contributed by atoms with Gasteiger partial charge in [-0.3, -0.25) is 14.4 Å². The summed E-state index contributed by atoms with van der Waals surface area (Å²) in [5.74, 6) is -0.752. The maximum atomic E-state index is 13.2. The molecule has 3 heterocycles. The van der Waals surface area contributed by atoms with Crippen molar-refractivity contribution in [3.8, 4) is 5.75 Å². The number of nitrogens with zero attached hydrogens (tertiary/aromatic N) is 1. The Morgan fingerprint density at radius 1 is 1.19 bits per heavy atom. The normalized spacial score (nSPS) is 20.0. The fourth-order valence-corrected chi connectivity index (χ4v) is 3.74. The fourth-order valence-electron chi connectivity index (χ4n) is 3.74. The highest BCUT2D eigenvalue weighted by Gasteiger charge is 2.48. The first-order chi connectivity index (χ1) is 13.5. The average molecular weight is 469 g/mol. The number of carbonyl (C=O) groups excluding carboxylic acids is 3. The number of amides is 2. The number of phenolic OH excluding ortho intramolecular Hbond substituents is 1. The highest BCUT2D eigenvalue weighted by Crippen LogP contribution is 2.28. The lowest BCUT2D eigenvalue weighted by molar-refractivity contribution is -0.138. The highest BCUT2D eigenvalue weighted by molar-refractivity contribution is 7.59. The van der Waals surface area contributed by atoms with Gasteiger partial charge in [0.25, 0.3) is 5.91 Å². The molecule has 8 nitrogen and oxygen atoms in total. The molecule has 1 aromatic heterocycles. The Balaban J connectivity index is 0.00000160. The van der Waals surface area contributed by atoms with Crippen molar-refractivity contribution in [2.24, 2.45) is 0 Å². The molecule has 10 heteroatoms. The number of rotatable bonds is 5. The average Bonchev–Trinajstić information content (AvgIpc) is 3.42. The Morgan fingerprint density at radius 3 is 2.55 bits per heavy atom. The molecule has 0 aliphatic carbocycles. The number of likely N-dealkylation sites (tertiary alicyclic amines) is 1. The van der Waals surface area contributed by atoms with Crippen LogP contribution in [0.15, 0.2) is 47.3 Å². The summed E-state index contributed by atoms with van der Waals surface area (Å²) in [6.45, 7) is 0.427. The lowest BCUT2D eigenvalue weighted by Gasteiger charge is -2.27. The Labute approximate surface area is 194 Å². The third-order valence-corrected chi connectivity index (χ3v) is 5.16. The first kappa shape index (κ1) is 26.6. The molecule has 0 saturated carbocycles. The smallest absolute Gasteiger partial charge is 0.255 e. The molecular weight excluding hydrogens is 440 g/mol. The molecule has 2 N–H and O–H groups in total. The Kier molecular flexibility index (Phi) is 9.67. The van der Waals surface area contributed by atoms with Crippen LogP contribution in [0.5, 0.6) is 5.75 Å². The quantitative estimate of drug-likeness (QED) is 0.692. The first-order valence-electron chi connectivity index (χ1n) is 9.08. The van der Waals surface area contributed by atoms with Gasteiger partial charge < -0.3 is 24.5 Å². The van der Waals surface area contributed by atoms with E-state index in [4.69, 9.17) is 9.15 Å². The molecule has 170 valence electrons. The number of hydrogen-bond acceptors (Lipinski definition) is 6. The van der Waals surface area contributed by atoms with Crippen LogP contribution in [-0.4, -0.2) is 58.9 Å². The molecule has 2 aliphatic heterocycles. The zero-order valence-electron chi connectivity index (χ0n) is 16.0. The predicted octanol–water partition coefficient (Wildman–Crippen LogP) is 1.76. The van der Waals surface area contributed by atoms with Crippen LogP contribution in [0.2, 0.25) is 0 Å². The second-order valence-corrected chi connectivity index (χ2v) is 6.99. The van der Waals surface area contributed by atoms with Crippen molar-refractivity contribution in [1.82, 2.24) is 10.2 Å². The first-order valence-corrected chi connectivity index (χ1v) is 9.08. The van der Waals surface area contributed by atoms with Gasteiger partial charge in [0.15, 0.2) is 5.78 Å². The van der Waals surface area contributed by atoms with E-state index in [1.165, 1.54) is 35.6 Å². The fraction of sp³-hybridized carbons (Fsp3) is 0.381. The van der Waals surface area contributed by atoms with Crippen LogP contribution in [0, 0.1) is 0 Å². The van der Waals surface area contributed by atoms with Gasteiger partial charge in [0, 0.05) is 13.0 Å². The molecule has 2 aromatic rings. The summed E-state index contributed by atoms with van der Waals surface area (Å²) in [5, 5.41) is 12.2. The number of nitrogens with one attached hydrogen (secondary N) is 1. The number of fused-ring (bicyclic) bond motifs is 1. The molecule has 0 unspecified atom stereocenters. The summed E-state index contributed by atoms with van der Waals surface area (Å²) in [5.41, 5.74) is 1.08. The minimum absolute atomic E-state index is 0. The third-order valence-electron chi connectivity index (χ3n) is 5.16. The highest BCUT2D eigenvalue weighted by atomic mass is 32.1. The lowest BCUT2D eigenvalue weighted by Crippen LogP contribution is -2.53. The third kappa shape index (κ3) is 5.63. The molecule has 1 aromatic carbocycles.